The molecule has 0 amide bonds. The van der Waals surface area contributed by atoms with E-state index in [2.05, 4.69) is 160 Å². The smallest absolute Gasteiger partial charge is 0.143 e. The van der Waals surface area contributed by atoms with Gasteiger partial charge in [0.2, 0.25) is 0 Å². The van der Waals surface area contributed by atoms with E-state index in [1.165, 1.54) is 86.8 Å². The maximum atomic E-state index is 6.78. The van der Waals surface area contributed by atoms with Crippen LogP contribution in [0.1, 0.15) is 0 Å². The highest BCUT2D eigenvalue weighted by Gasteiger charge is 2.46. The fraction of sp³-hybridized carbons (Fsp3) is 0.0870. The van der Waals surface area contributed by atoms with Gasteiger partial charge in [-0.05, 0) is 66.3 Å². The van der Waals surface area contributed by atoms with Crippen LogP contribution in [0.15, 0.2) is 142 Å². The predicted octanol–water partition coefficient (Wildman–Crippen LogP) is 10.4. The van der Waals surface area contributed by atoms with Crippen molar-refractivity contribution in [3.63, 3.8) is 0 Å². The van der Waals surface area contributed by atoms with E-state index in [4.69, 9.17) is 8.83 Å². The zero-order valence-electron chi connectivity index (χ0n) is 28.5. The molecule has 2 nitrogen and oxygen atoms in total. The zero-order chi connectivity index (χ0) is 33.5. The second-order valence-electron chi connectivity index (χ2n) is 15.2. The van der Waals surface area contributed by atoms with Crippen molar-refractivity contribution < 1.29 is 8.83 Å². The summed E-state index contributed by atoms with van der Waals surface area (Å²) in [6.45, 7) is 10.2. The third-order valence-corrected chi connectivity index (χ3v) is 18.9. The highest BCUT2D eigenvalue weighted by Crippen LogP contribution is 2.47. The van der Waals surface area contributed by atoms with Crippen LogP contribution in [-0.2, 0) is 0 Å². The van der Waals surface area contributed by atoms with E-state index in [1.807, 2.05) is 0 Å². The fourth-order valence-electron chi connectivity index (χ4n) is 9.35. The Bertz CT molecular complexity index is 2710. The van der Waals surface area contributed by atoms with Gasteiger partial charge >= 0.3 is 0 Å². The number of rotatable bonds is 2. The zero-order valence-corrected chi connectivity index (χ0v) is 30.5. The molecule has 0 unspecified atom stereocenters. The number of furan rings is 2. The van der Waals surface area contributed by atoms with Gasteiger partial charge in [-0.1, -0.05) is 148 Å². The molecule has 238 valence electrons. The highest BCUT2D eigenvalue weighted by atomic mass is 28.3. The van der Waals surface area contributed by atoms with E-state index in [1.54, 1.807) is 0 Å². The lowest BCUT2D eigenvalue weighted by Crippen LogP contribution is -2.51. The molecule has 0 spiro atoms. The Morgan fingerprint density at radius 1 is 0.380 bits per heavy atom. The average Bonchev–Trinajstić information content (AvgIpc) is 3.84. The maximum absolute atomic E-state index is 6.78. The molecule has 0 bridgehead atoms. The van der Waals surface area contributed by atoms with Crippen molar-refractivity contribution in [3.8, 4) is 44.5 Å². The van der Waals surface area contributed by atoms with Crippen molar-refractivity contribution in [2.75, 3.05) is 0 Å². The van der Waals surface area contributed by atoms with Crippen LogP contribution in [0, 0.1) is 0 Å². The summed E-state index contributed by atoms with van der Waals surface area (Å²) < 4.78 is 13.6. The Hall–Kier alpha value is -5.43. The van der Waals surface area contributed by atoms with E-state index in [-0.39, 0.29) is 0 Å². The van der Waals surface area contributed by atoms with E-state index in [0.29, 0.717) is 0 Å². The molecule has 0 aliphatic carbocycles. The molecule has 0 N–H and O–H groups in total. The third-order valence-electron chi connectivity index (χ3n) is 11.9. The Labute approximate surface area is 292 Å². The standard InChI is InChI=1S/C46H34O2Si2/c1-49(2)37-25-34-38(26-33(37)41-39(49)23-31(27-15-7-5-8-16-27)45-43(41)29-19-11-13-21-35(29)47-45)50(3,4)40-24-32(28-17-9-6-10-18-28)46-44(42(34)40)30-20-12-14-22-36(30)48-46/h5-26H,1-4H3. The van der Waals surface area contributed by atoms with Crippen LogP contribution < -0.4 is 20.7 Å². The van der Waals surface area contributed by atoms with E-state index < -0.39 is 16.1 Å². The molecule has 2 aliphatic rings. The fourth-order valence-corrected chi connectivity index (χ4v) is 15.5. The van der Waals surface area contributed by atoms with Gasteiger partial charge in [0.05, 0.1) is 0 Å². The predicted molar refractivity (Wildman–Crippen MR) is 216 cm³/mol. The quantitative estimate of drug-likeness (QED) is 0.171. The topological polar surface area (TPSA) is 26.3 Å². The molecule has 0 saturated carbocycles. The number of hydrogen-bond acceptors (Lipinski definition) is 2. The van der Waals surface area contributed by atoms with Crippen molar-refractivity contribution in [2.24, 2.45) is 0 Å². The lowest BCUT2D eigenvalue weighted by molar-refractivity contribution is 0.670. The largest absolute Gasteiger partial charge is 0.455 e. The molecule has 7 aromatic carbocycles. The summed E-state index contributed by atoms with van der Waals surface area (Å²) in [5.41, 5.74) is 14.3. The van der Waals surface area contributed by atoms with Gasteiger partial charge in [-0.2, -0.15) is 0 Å². The second kappa shape index (κ2) is 9.63. The molecule has 0 radical (unpaired) electrons. The number of hydrogen-bond donors (Lipinski definition) is 0. The molecule has 50 heavy (non-hydrogen) atoms. The molecule has 11 rings (SSSR count). The normalized spacial score (nSPS) is 15.1. The van der Waals surface area contributed by atoms with Gasteiger partial charge in [0.1, 0.15) is 38.5 Å². The highest BCUT2D eigenvalue weighted by molar-refractivity contribution is 7.06. The summed E-state index contributed by atoms with van der Waals surface area (Å²) in [5, 5.41) is 11.0. The minimum atomic E-state index is -2.15. The molecule has 4 heteroatoms. The Morgan fingerprint density at radius 2 is 0.740 bits per heavy atom. The van der Waals surface area contributed by atoms with Crippen molar-refractivity contribution >= 4 is 80.8 Å². The minimum Gasteiger partial charge on any atom is -0.455 e. The van der Waals surface area contributed by atoms with Crippen molar-refractivity contribution in [1.82, 2.24) is 0 Å². The molecule has 4 heterocycles. The summed E-state index contributed by atoms with van der Waals surface area (Å²) in [7, 11) is -4.30. The third kappa shape index (κ3) is 3.52. The minimum absolute atomic E-state index is 0.951. The van der Waals surface area contributed by atoms with Crippen molar-refractivity contribution in [1.29, 1.82) is 0 Å². The summed E-state index contributed by atoms with van der Waals surface area (Å²) in [4.78, 5) is 0. The molecule has 9 aromatic rings. The molecule has 0 fully saturated rings. The molecular weight excluding hydrogens is 641 g/mol. The van der Waals surface area contributed by atoms with Crippen molar-refractivity contribution in [3.05, 3.63) is 133 Å². The monoisotopic (exact) mass is 674 g/mol. The maximum Gasteiger partial charge on any atom is 0.143 e. The Morgan fingerprint density at radius 3 is 1.16 bits per heavy atom. The van der Waals surface area contributed by atoms with Crippen LogP contribution in [0.4, 0.5) is 0 Å². The van der Waals surface area contributed by atoms with Crippen LogP contribution in [-0.4, -0.2) is 16.1 Å². The van der Waals surface area contributed by atoms with E-state index in [0.717, 1.165) is 22.3 Å². The lowest BCUT2D eigenvalue weighted by Gasteiger charge is -2.22. The van der Waals surface area contributed by atoms with Gasteiger partial charge in [0.25, 0.3) is 0 Å². The Balaban J connectivity index is 1.25. The number of para-hydroxylation sites is 2. The first-order chi connectivity index (χ1) is 24.3. The van der Waals surface area contributed by atoms with Crippen LogP contribution in [0.3, 0.4) is 0 Å². The second-order valence-corrected chi connectivity index (χ2v) is 23.9. The lowest BCUT2D eigenvalue weighted by atomic mass is 9.92. The summed E-state index contributed by atoms with van der Waals surface area (Å²) in [6.07, 6.45) is 0. The number of fused-ring (bicyclic) bond motifs is 14. The first-order valence-corrected chi connectivity index (χ1v) is 23.6. The van der Waals surface area contributed by atoms with Gasteiger partial charge in [0.15, 0.2) is 0 Å². The van der Waals surface area contributed by atoms with Crippen LogP contribution in [0.2, 0.25) is 26.2 Å². The van der Waals surface area contributed by atoms with E-state index in [9.17, 15) is 0 Å². The molecule has 2 aliphatic heterocycles. The molecular formula is C46H34O2Si2. The Kier molecular flexibility index (Phi) is 5.47. The first-order valence-electron chi connectivity index (χ1n) is 17.6. The van der Waals surface area contributed by atoms with Gasteiger partial charge in [-0.25, -0.2) is 0 Å². The number of benzene rings is 7. The molecule has 2 aromatic heterocycles. The van der Waals surface area contributed by atoms with Gasteiger partial charge in [-0.3, -0.25) is 0 Å². The van der Waals surface area contributed by atoms with Crippen LogP contribution in [0.25, 0.3) is 88.4 Å². The van der Waals surface area contributed by atoms with Crippen LogP contribution >= 0.6 is 0 Å². The SMILES string of the molecule is C[Si]1(C)c2cc3c(cc2-c2c1cc(-c1ccccc1)c1oc4ccccc4c21)[Si](C)(C)c1cc(-c2ccccc2)c2oc4ccccc4c2c1-3. The van der Waals surface area contributed by atoms with E-state index >= 15 is 0 Å². The van der Waals surface area contributed by atoms with Gasteiger partial charge < -0.3 is 8.83 Å². The average molecular weight is 675 g/mol. The van der Waals surface area contributed by atoms with Crippen molar-refractivity contribution in [2.45, 2.75) is 26.2 Å². The first kappa shape index (κ1) is 28.4. The van der Waals surface area contributed by atoms with Crippen LogP contribution in [0.5, 0.6) is 0 Å². The van der Waals surface area contributed by atoms with Gasteiger partial charge in [0, 0.05) is 32.7 Å². The molecule has 0 saturated heterocycles. The molecule has 0 atom stereocenters. The summed E-state index contributed by atoms with van der Waals surface area (Å²) >= 11 is 0. The van der Waals surface area contributed by atoms with Gasteiger partial charge in [-0.15, -0.1) is 0 Å². The summed E-state index contributed by atoms with van der Waals surface area (Å²) in [6, 6.07) is 49.0. The summed E-state index contributed by atoms with van der Waals surface area (Å²) in [5.74, 6) is 0.